The number of benzene rings is 3. The molecule has 0 aliphatic rings. The minimum absolute atomic E-state index is 0.108. The molecule has 0 bridgehead atoms. The van der Waals surface area contributed by atoms with Crippen LogP contribution in [0, 0.1) is 0 Å². The SMILES string of the molecule is NC(Cc1ccc(OCc2ccccc2)cc1)C(O)C(=O)OCc1ccccc1. The number of hydrogen-bond acceptors (Lipinski definition) is 5. The third-order valence-electron chi connectivity index (χ3n) is 4.51. The highest BCUT2D eigenvalue weighted by atomic mass is 16.5. The maximum atomic E-state index is 12.0. The van der Waals surface area contributed by atoms with Gasteiger partial charge in [-0.05, 0) is 35.2 Å². The lowest BCUT2D eigenvalue weighted by Gasteiger charge is -2.18. The van der Waals surface area contributed by atoms with E-state index in [0.29, 0.717) is 13.0 Å². The second kappa shape index (κ2) is 10.4. The van der Waals surface area contributed by atoms with Crippen molar-refractivity contribution in [2.45, 2.75) is 31.8 Å². The number of rotatable bonds is 9. The van der Waals surface area contributed by atoms with Gasteiger partial charge in [0.1, 0.15) is 19.0 Å². The highest BCUT2D eigenvalue weighted by Gasteiger charge is 2.24. The molecule has 150 valence electrons. The van der Waals surface area contributed by atoms with Crippen LogP contribution in [0.3, 0.4) is 0 Å². The van der Waals surface area contributed by atoms with Gasteiger partial charge in [0.05, 0.1) is 0 Å². The van der Waals surface area contributed by atoms with Crippen LogP contribution in [0.25, 0.3) is 0 Å². The summed E-state index contributed by atoms with van der Waals surface area (Å²) in [5.74, 6) is 0.0261. The Bertz CT molecular complexity index is 882. The maximum absolute atomic E-state index is 12.0. The van der Waals surface area contributed by atoms with Crippen LogP contribution in [0.5, 0.6) is 5.75 Å². The molecule has 0 radical (unpaired) electrons. The normalized spacial score (nSPS) is 12.8. The van der Waals surface area contributed by atoms with E-state index in [2.05, 4.69) is 0 Å². The largest absolute Gasteiger partial charge is 0.489 e. The lowest BCUT2D eigenvalue weighted by Crippen LogP contribution is -2.42. The van der Waals surface area contributed by atoms with E-state index in [-0.39, 0.29) is 6.61 Å². The van der Waals surface area contributed by atoms with Crippen molar-refractivity contribution in [1.29, 1.82) is 0 Å². The molecule has 0 saturated carbocycles. The van der Waals surface area contributed by atoms with Gasteiger partial charge in [-0.15, -0.1) is 0 Å². The number of carbonyl (C=O) groups excluding carboxylic acids is 1. The molecule has 0 aliphatic heterocycles. The van der Waals surface area contributed by atoms with Crippen molar-refractivity contribution in [2.75, 3.05) is 0 Å². The Morgan fingerprint density at radius 1 is 0.793 bits per heavy atom. The molecule has 3 N–H and O–H groups in total. The van der Waals surface area contributed by atoms with Crippen LogP contribution in [0.2, 0.25) is 0 Å². The second-order valence-electron chi connectivity index (χ2n) is 6.82. The van der Waals surface area contributed by atoms with Crippen molar-refractivity contribution in [3.8, 4) is 5.75 Å². The maximum Gasteiger partial charge on any atom is 0.336 e. The predicted octanol–water partition coefficient (Wildman–Crippen LogP) is 3.24. The summed E-state index contributed by atoms with van der Waals surface area (Å²) in [6.45, 7) is 0.600. The molecule has 5 heteroatoms. The minimum atomic E-state index is -1.38. The molecule has 0 fully saturated rings. The molecule has 3 rings (SSSR count). The zero-order valence-electron chi connectivity index (χ0n) is 16.1. The number of nitrogens with two attached hydrogens (primary N) is 1. The average molecular weight is 391 g/mol. The zero-order valence-corrected chi connectivity index (χ0v) is 16.1. The third-order valence-corrected chi connectivity index (χ3v) is 4.51. The van der Waals surface area contributed by atoms with Gasteiger partial charge >= 0.3 is 5.97 Å². The third kappa shape index (κ3) is 6.45. The quantitative estimate of drug-likeness (QED) is 0.547. The summed E-state index contributed by atoms with van der Waals surface area (Å²) >= 11 is 0. The Morgan fingerprint density at radius 3 is 1.93 bits per heavy atom. The van der Waals surface area contributed by atoms with Gasteiger partial charge in [0.15, 0.2) is 6.10 Å². The van der Waals surface area contributed by atoms with E-state index in [9.17, 15) is 9.90 Å². The number of ether oxygens (including phenoxy) is 2. The van der Waals surface area contributed by atoms with E-state index in [1.165, 1.54) is 0 Å². The molecule has 0 amide bonds. The highest BCUT2D eigenvalue weighted by Crippen LogP contribution is 2.16. The van der Waals surface area contributed by atoms with Gasteiger partial charge in [0.25, 0.3) is 0 Å². The molecule has 0 aromatic heterocycles. The number of carbonyl (C=O) groups is 1. The van der Waals surface area contributed by atoms with Gasteiger partial charge in [-0.25, -0.2) is 4.79 Å². The highest BCUT2D eigenvalue weighted by molar-refractivity contribution is 5.75. The van der Waals surface area contributed by atoms with Crippen molar-refractivity contribution in [1.82, 2.24) is 0 Å². The van der Waals surface area contributed by atoms with Crippen LogP contribution in [-0.4, -0.2) is 23.2 Å². The van der Waals surface area contributed by atoms with Crippen LogP contribution in [-0.2, 0) is 29.2 Å². The molecule has 29 heavy (non-hydrogen) atoms. The summed E-state index contributed by atoms with van der Waals surface area (Å²) in [6, 6.07) is 25.9. The van der Waals surface area contributed by atoms with Gasteiger partial charge in [0.2, 0.25) is 0 Å². The molecule has 5 nitrogen and oxygen atoms in total. The summed E-state index contributed by atoms with van der Waals surface area (Å²) in [6.07, 6.45) is -1.03. The molecule has 0 spiro atoms. The van der Waals surface area contributed by atoms with Crippen LogP contribution >= 0.6 is 0 Å². The Labute approximate surface area is 170 Å². The van der Waals surface area contributed by atoms with Gasteiger partial charge < -0.3 is 20.3 Å². The molecule has 3 aromatic rings. The van der Waals surface area contributed by atoms with Crippen LogP contribution in [0.1, 0.15) is 16.7 Å². The van der Waals surface area contributed by atoms with Gasteiger partial charge in [0, 0.05) is 6.04 Å². The van der Waals surface area contributed by atoms with E-state index >= 15 is 0 Å². The van der Waals surface area contributed by atoms with Crippen molar-refractivity contribution in [3.05, 3.63) is 102 Å². The van der Waals surface area contributed by atoms with Crippen molar-refractivity contribution < 1.29 is 19.4 Å². The fourth-order valence-corrected chi connectivity index (χ4v) is 2.84. The van der Waals surface area contributed by atoms with E-state index in [0.717, 1.165) is 22.4 Å². The van der Waals surface area contributed by atoms with E-state index in [1.54, 1.807) is 0 Å². The van der Waals surface area contributed by atoms with Crippen LogP contribution in [0.15, 0.2) is 84.9 Å². The van der Waals surface area contributed by atoms with Gasteiger partial charge in [-0.1, -0.05) is 72.8 Å². The van der Waals surface area contributed by atoms with Crippen LogP contribution < -0.4 is 10.5 Å². The van der Waals surface area contributed by atoms with E-state index in [1.807, 2.05) is 84.9 Å². The Morgan fingerprint density at radius 2 is 1.34 bits per heavy atom. The Hall–Kier alpha value is -3.15. The van der Waals surface area contributed by atoms with Gasteiger partial charge in [-0.2, -0.15) is 0 Å². The monoisotopic (exact) mass is 391 g/mol. The summed E-state index contributed by atoms with van der Waals surface area (Å²) < 4.78 is 10.9. The summed E-state index contributed by atoms with van der Waals surface area (Å²) in [5, 5.41) is 10.2. The Balaban J connectivity index is 1.46. The first-order valence-electron chi connectivity index (χ1n) is 9.51. The number of aliphatic hydroxyl groups is 1. The smallest absolute Gasteiger partial charge is 0.336 e. The molecular formula is C24H25NO4. The molecule has 2 atom stereocenters. The van der Waals surface area contributed by atoms with Crippen molar-refractivity contribution in [2.24, 2.45) is 5.73 Å². The minimum Gasteiger partial charge on any atom is -0.489 e. The number of aliphatic hydroxyl groups excluding tert-OH is 1. The first-order valence-corrected chi connectivity index (χ1v) is 9.51. The zero-order chi connectivity index (χ0) is 20.5. The van der Waals surface area contributed by atoms with Crippen molar-refractivity contribution >= 4 is 5.97 Å². The molecule has 0 aliphatic carbocycles. The van der Waals surface area contributed by atoms with E-state index in [4.69, 9.17) is 15.2 Å². The molecule has 2 unspecified atom stereocenters. The molecule has 0 saturated heterocycles. The summed E-state index contributed by atoms with van der Waals surface area (Å²) in [7, 11) is 0. The standard InChI is InChI=1S/C24H25NO4/c25-22(23(26)24(27)29-17-20-9-5-2-6-10-20)15-18-11-13-21(14-12-18)28-16-19-7-3-1-4-8-19/h1-14,22-23,26H,15-17,25H2. The summed E-state index contributed by atoms with van der Waals surface area (Å²) in [4.78, 5) is 12.0. The fourth-order valence-electron chi connectivity index (χ4n) is 2.84. The topological polar surface area (TPSA) is 81.8 Å². The number of hydrogen-bond donors (Lipinski definition) is 2. The molecular weight excluding hydrogens is 366 g/mol. The summed E-state index contributed by atoms with van der Waals surface area (Å²) in [5.41, 5.74) is 8.86. The van der Waals surface area contributed by atoms with Crippen LogP contribution in [0.4, 0.5) is 0 Å². The first kappa shape index (κ1) is 20.6. The average Bonchev–Trinajstić information content (AvgIpc) is 2.78. The first-order chi connectivity index (χ1) is 14.1. The number of esters is 1. The predicted molar refractivity (Wildman–Crippen MR) is 111 cm³/mol. The lowest BCUT2D eigenvalue weighted by atomic mass is 10.0. The Kier molecular flexibility index (Phi) is 7.39. The molecule has 0 heterocycles. The fraction of sp³-hybridized carbons (Fsp3) is 0.208. The lowest BCUT2D eigenvalue weighted by molar-refractivity contribution is -0.156. The second-order valence-corrected chi connectivity index (χ2v) is 6.82. The molecule has 3 aromatic carbocycles. The van der Waals surface area contributed by atoms with Crippen molar-refractivity contribution in [3.63, 3.8) is 0 Å². The van der Waals surface area contributed by atoms with Gasteiger partial charge in [-0.3, -0.25) is 0 Å². The van der Waals surface area contributed by atoms with E-state index < -0.39 is 18.1 Å².